The first kappa shape index (κ1) is 19.7. The number of piperidine rings is 1. The molecule has 0 atom stereocenters. The van der Waals surface area contributed by atoms with Crippen molar-refractivity contribution in [2.45, 2.75) is 38.9 Å². The average Bonchev–Trinajstić information content (AvgIpc) is 2.76. The first-order valence-electron chi connectivity index (χ1n) is 10.5. The summed E-state index contributed by atoms with van der Waals surface area (Å²) in [6.07, 6.45) is 6.42. The van der Waals surface area contributed by atoms with Crippen LogP contribution in [-0.4, -0.2) is 45.9 Å². The van der Waals surface area contributed by atoms with Crippen LogP contribution in [-0.2, 0) is 13.1 Å². The molecule has 2 heterocycles. The molecule has 1 aliphatic heterocycles. The van der Waals surface area contributed by atoms with E-state index < -0.39 is 0 Å². The third-order valence-corrected chi connectivity index (χ3v) is 5.83. The van der Waals surface area contributed by atoms with Crippen LogP contribution in [0.25, 0.3) is 11.4 Å². The molecule has 2 aromatic carbocycles. The summed E-state index contributed by atoms with van der Waals surface area (Å²) in [5.74, 6) is 0.794. The van der Waals surface area contributed by atoms with Crippen LogP contribution in [0.15, 0.2) is 67.0 Å². The summed E-state index contributed by atoms with van der Waals surface area (Å²) < 4.78 is 0. The van der Waals surface area contributed by atoms with E-state index in [0.717, 1.165) is 24.5 Å². The van der Waals surface area contributed by atoms with E-state index in [1.165, 1.54) is 42.6 Å². The van der Waals surface area contributed by atoms with E-state index in [1.54, 1.807) is 0 Å². The number of benzene rings is 2. The Morgan fingerprint density at radius 1 is 0.862 bits per heavy atom. The molecule has 1 aliphatic rings. The third kappa shape index (κ3) is 5.28. The molecular formula is C25H30N4. The van der Waals surface area contributed by atoms with Crippen LogP contribution in [0.5, 0.6) is 0 Å². The molecule has 1 fully saturated rings. The maximum absolute atomic E-state index is 4.65. The zero-order valence-corrected chi connectivity index (χ0v) is 17.5. The van der Waals surface area contributed by atoms with Gasteiger partial charge < -0.3 is 4.90 Å². The van der Waals surface area contributed by atoms with Crippen molar-refractivity contribution >= 4 is 0 Å². The van der Waals surface area contributed by atoms with Gasteiger partial charge in [0.05, 0.1) is 0 Å². The van der Waals surface area contributed by atoms with Crippen LogP contribution in [0.1, 0.15) is 29.5 Å². The van der Waals surface area contributed by atoms with Crippen LogP contribution in [0.3, 0.4) is 0 Å². The number of hydrogen-bond donors (Lipinski definition) is 0. The van der Waals surface area contributed by atoms with Crippen LogP contribution < -0.4 is 0 Å². The van der Waals surface area contributed by atoms with Crippen molar-refractivity contribution in [1.29, 1.82) is 0 Å². The fraction of sp³-hybridized carbons (Fsp3) is 0.360. The van der Waals surface area contributed by atoms with Crippen LogP contribution in [0, 0.1) is 6.92 Å². The zero-order valence-electron chi connectivity index (χ0n) is 17.5. The quantitative estimate of drug-likeness (QED) is 0.622. The van der Waals surface area contributed by atoms with Gasteiger partial charge in [0.2, 0.25) is 0 Å². The maximum Gasteiger partial charge on any atom is 0.159 e. The highest BCUT2D eigenvalue weighted by molar-refractivity contribution is 5.54. The van der Waals surface area contributed by atoms with Crippen molar-refractivity contribution in [2.24, 2.45) is 0 Å². The SMILES string of the molecule is Cc1ccc(-c2ncc(CN(Cc3ccccc3)C3CCN(C)CC3)cn2)cc1. The molecule has 0 saturated carbocycles. The molecule has 0 unspecified atom stereocenters. The highest BCUT2D eigenvalue weighted by Gasteiger charge is 2.23. The monoisotopic (exact) mass is 386 g/mol. The van der Waals surface area contributed by atoms with E-state index in [2.05, 4.69) is 88.3 Å². The van der Waals surface area contributed by atoms with E-state index in [9.17, 15) is 0 Å². The topological polar surface area (TPSA) is 32.3 Å². The summed E-state index contributed by atoms with van der Waals surface area (Å²) in [7, 11) is 2.22. The van der Waals surface area contributed by atoms with Crippen LogP contribution >= 0.6 is 0 Å². The smallest absolute Gasteiger partial charge is 0.159 e. The van der Waals surface area contributed by atoms with Gasteiger partial charge in [0.15, 0.2) is 5.82 Å². The summed E-state index contributed by atoms with van der Waals surface area (Å²) in [4.78, 5) is 14.3. The second kappa shape index (κ2) is 9.29. The predicted molar refractivity (Wildman–Crippen MR) is 118 cm³/mol. The summed E-state index contributed by atoms with van der Waals surface area (Å²) in [5, 5.41) is 0. The van der Waals surface area contributed by atoms with Crippen molar-refractivity contribution in [3.63, 3.8) is 0 Å². The molecule has 0 bridgehead atoms. The van der Waals surface area contributed by atoms with E-state index in [-0.39, 0.29) is 0 Å². The van der Waals surface area contributed by atoms with Gasteiger partial charge in [-0.3, -0.25) is 4.90 Å². The second-order valence-electron chi connectivity index (χ2n) is 8.21. The molecule has 4 heteroatoms. The van der Waals surface area contributed by atoms with Gasteiger partial charge in [0, 0.05) is 42.7 Å². The molecule has 29 heavy (non-hydrogen) atoms. The fourth-order valence-electron chi connectivity index (χ4n) is 4.01. The Balaban J connectivity index is 1.49. The number of likely N-dealkylation sites (tertiary alicyclic amines) is 1. The largest absolute Gasteiger partial charge is 0.306 e. The van der Waals surface area contributed by atoms with Crippen molar-refractivity contribution in [3.05, 3.63) is 83.7 Å². The lowest BCUT2D eigenvalue weighted by Gasteiger charge is -2.37. The summed E-state index contributed by atoms with van der Waals surface area (Å²) in [6.45, 7) is 6.28. The molecule has 4 rings (SSSR count). The van der Waals surface area contributed by atoms with E-state index in [0.29, 0.717) is 6.04 Å². The average molecular weight is 387 g/mol. The highest BCUT2D eigenvalue weighted by atomic mass is 15.2. The molecule has 1 saturated heterocycles. The molecule has 3 aromatic rings. The lowest BCUT2D eigenvalue weighted by Crippen LogP contribution is -2.43. The van der Waals surface area contributed by atoms with Gasteiger partial charge in [-0.15, -0.1) is 0 Å². The molecule has 0 aliphatic carbocycles. The van der Waals surface area contributed by atoms with Gasteiger partial charge >= 0.3 is 0 Å². The first-order chi connectivity index (χ1) is 14.2. The number of nitrogens with zero attached hydrogens (tertiary/aromatic N) is 4. The Bertz CT molecular complexity index is 882. The van der Waals surface area contributed by atoms with Gasteiger partial charge in [-0.25, -0.2) is 9.97 Å². The predicted octanol–water partition coefficient (Wildman–Crippen LogP) is 4.55. The van der Waals surface area contributed by atoms with Crippen molar-refractivity contribution < 1.29 is 0 Å². The minimum Gasteiger partial charge on any atom is -0.306 e. The van der Waals surface area contributed by atoms with Gasteiger partial charge in [-0.2, -0.15) is 0 Å². The Kier molecular flexibility index (Phi) is 6.33. The lowest BCUT2D eigenvalue weighted by molar-refractivity contribution is 0.108. The second-order valence-corrected chi connectivity index (χ2v) is 8.21. The van der Waals surface area contributed by atoms with Crippen molar-refractivity contribution in [1.82, 2.24) is 19.8 Å². The standard InChI is InChI=1S/C25H30N4/c1-20-8-10-23(11-9-20)25-26-16-22(17-27-25)19-29(18-21-6-4-3-5-7-21)24-12-14-28(2)15-13-24/h3-11,16-17,24H,12-15,18-19H2,1-2H3. The number of hydrogen-bond acceptors (Lipinski definition) is 4. The molecule has 0 N–H and O–H groups in total. The van der Waals surface area contributed by atoms with E-state index in [1.807, 2.05) is 12.4 Å². The Morgan fingerprint density at radius 2 is 1.48 bits per heavy atom. The van der Waals surface area contributed by atoms with Gasteiger partial charge in [-0.1, -0.05) is 60.2 Å². The highest BCUT2D eigenvalue weighted by Crippen LogP contribution is 2.21. The number of rotatable bonds is 6. The summed E-state index contributed by atoms with van der Waals surface area (Å²) in [6, 6.07) is 19.8. The fourth-order valence-corrected chi connectivity index (χ4v) is 4.01. The Hall–Kier alpha value is -2.56. The normalized spacial score (nSPS) is 15.7. The van der Waals surface area contributed by atoms with Crippen molar-refractivity contribution in [3.8, 4) is 11.4 Å². The van der Waals surface area contributed by atoms with Crippen LogP contribution in [0.4, 0.5) is 0 Å². The van der Waals surface area contributed by atoms with Gasteiger partial charge in [0.25, 0.3) is 0 Å². The molecule has 0 spiro atoms. The van der Waals surface area contributed by atoms with Crippen LogP contribution in [0.2, 0.25) is 0 Å². The molecule has 1 aromatic heterocycles. The molecule has 150 valence electrons. The third-order valence-electron chi connectivity index (χ3n) is 5.83. The molecule has 0 radical (unpaired) electrons. The minimum atomic E-state index is 0.600. The van der Waals surface area contributed by atoms with Gasteiger partial charge in [0.1, 0.15) is 0 Å². The summed E-state index contributed by atoms with van der Waals surface area (Å²) >= 11 is 0. The zero-order chi connectivity index (χ0) is 20.1. The Morgan fingerprint density at radius 3 is 2.14 bits per heavy atom. The first-order valence-corrected chi connectivity index (χ1v) is 10.5. The number of aryl methyl sites for hydroxylation is 1. The molecule has 0 amide bonds. The maximum atomic E-state index is 4.65. The lowest BCUT2D eigenvalue weighted by atomic mass is 10.0. The van der Waals surface area contributed by atoms with E-state index in [4.69, 9.17) is 0 Å². The molecular weight excluding hydrogens is 356 g/mol. The number of aromatic nitrogens is 2. The Labute approximate surface area is 174 Å². The van der Waals surface area contributed by atoms with E-state index >= 15 is 0 Å². The molecule has 4 nitrogen and oxygen atoms in total. The van der Waals surface area contributed by atoms with Gasteiger partial charge in [-0.05, 0) is 45.5 Å². The minimum absolute atomic E-state index is 0.600. The van der Waals surface area contributed by atoms with Crippen molar-refractivity contribution in [2.75, 3.05) is 20.1 Å². The summed E-state index contributed by atoms with van der Waals surface area (Å²) in [5.41, 5.74) is 4.86.